The van der Waals surface area contributed by atoms with E-state index in [4.69, 9.17) is 18.9 Å². The van der Waals surface area contributed by atoms with Crippen molar-refractivity contribution in [1.29, 1.82) is 0 Å². The van der Waals surface area contributed by atoms with Gasteiger partial charge in [-0.2, -0.15) is 0 Å². The van der Waals surface area contributed by atoms with Crippen LogP contribution >= 0.6 is 11.3 Å². The second-order valence-electron chi connectivity index (χ2n) is 6.18. The summed E-state index contributed by atoms with van der Waals surface area (Å²) >= 11 is 1.23. The normalized spacial score (nSPS) is 13.9. The number of nitrogens with one attached hydrogen (secondary N) is 1. The summed E-state index contributed by atoms with van der Waals surface area (Å²) in [6.45, 7) is 3.89. The van der Waals surface area contributed by atoms with Gasteiger partial charge in [0.2, 0.25) is 5.76 Å². The number of ether oxygens (including phenoxy) is 4. The lowest BCUT2D eigenvalue weighted by atomic mass is 10.1. The molecule has 2 aromatic rings. The molecule has 0 saturated heterocycles. The third-order valence-electron chi connectivity index (χ3n) is 4.03. The zero-order valence-corrected chi connectivity index (χ0v) is 17.3. The largest absolute Gasteiger partial charge is 0.493 e. The van der Waals surface area contributed by atoms with Gasteiger partial charge < -0.3 is 24.3 Å². The first kappa shape index (κ1) is 21.4. The number of benzene rings is 1. The minimum Gasteiger partial charge on any atom is -0.493 e. The molecule has 3 rings (SSSR count). The highest BCUT2D eigenvalue weighted by Crippen LogP contribution is 2.36. The van der Waals surface area contributed by atoms with E-state index in [-0.39, 0.29) is 24.5 Å². The molecule has 158 valence electrons. The van der Waals surface area contributed by atoms with Gasteiger partial charge in [-0.15, -0.1) is 11.3 Å². The predicted molar refractivity (Wildman–Crippen MR) is 110 cm³/mol. The van der Waals surface area contributed by atoms with Crippen molar-refractivity contribution in [2.24, 2.45) is 0 Å². The summed E-state index contributed by atoms with van der Waals surface area (Å²) in [7, 11) is 0. The van der Waals surface area contributed by atoms with E-state index in [1.807, 2.05) is 30.3 Å². The summed E-state index contributed by atoms with van der Waals surface area (Å²) in [5.41, 5.74) is 1.13. The fourth-order valence-electron chi connectivity index (χ4n) is 2.55. The van der Waals surface area contributed by atoms with Gasteiger partial charge in [0.1, 0.15) is 24.5 Å². The van der Waals surface area contributed by atoms with E-state index >= 15 is 0 Å². The first-order valence-electron chi connectivity index (χ1n) is 9.32. The van der Waals surface area contributed by atoms with Crippen molar-refractivity contribution in [2.75, 3.05) is 25.1 Å². The molecule has 9 heteroatoms. The quantitative estimate of drug-likeness (QED) is 0.671. The van der Waals surface area contributed by atoms with Gasteiger partial charge >= 0.3 is 11.9 Å². The highest BCUT2D eigenvalue weighted by Gasteiger charge is 2.26. The predicted octanol–water partition coefficient (Wildman–Crippen LogP) is 3.35. The zero-order chi connectivity index (χ0) is 21.5. The molecule has 0 spiro atoms. The van der Waals surface area contributed by atoms with Crippen molar-refractivity contribution in [3.63, 3.8) is 0 Å². The van der Waals surface area contributed by atoms with Crippen LogP contribution in [0.15, 0.2) is 48.4 Å². The van der Waals surface area contributed by atoms with Gasteiger partial charge in [-0.05, 0) is 25.5 Å². The Bertz CT molecular complexity index is 952. The molecule has 2 heterocycles. The molecule has 1 N–H and O–H groups in total. The number of carbonyl (C=O) groups excluding carboxylic acids is 3. The third kappa shape index (κ3) is 5.18. The molecule has 0 bridgehead atoms. The molecule has 0 radical (unpaired) electrons. The van der Waals surface area contributed by atoms with E-state index in [1.54, 1.807) is 13.0 Å². The minimum absolute atomic E-state index is 0.101. The van der Waals surface area contributed by atoms with Crippen LogP contribution in [-0.2, 0) is 28.5 Å². The van der Waals surface area contributed by atoms with Gasteiger partial charge in [0.25, 0.3) is 5.91 Å². The van der Waals surface area contributed by atoms with E-state index in [1.165, 1.54) is 18.3 Å². The average molecular weight is 431 g/mol. The maximum Gasteiger partial charge on any atom is 0.377 e. The molecule has 1 aromatic heterocycles. The number of hydrogen-bond donors (Lipinski definition) is 1. The molecule has 1 atom stereocenters. The molecule has 1 unspecified atom stereocenters. The second kappa shape index (κ2) is 9.93. The number of carbonyl (C=O) groups is 3. The SMILES string of the molecule is CCOC(=O)c1cc(-c2ccccc2)sc1NC(=O)C(C)OC(=O)C1=COCCO1. The van der Waals surface area contributed by atoms with Crippen LogP contribution in [0.1, 0.15) is 24.2 Å². The molecule has 1 aliphatic rings. The first-order chi connectivity index (χ1) is 14.5. The van der Waals surface area contributed by atoms with Crippen LogP contribution in [0.25, 0.3) is 10.4 Å². The lowest BCUT2D eigenvalue weighted by Crippen LogP contribution is -2.31. The van der Waals surface area contributed by atoms with Crippen LogP contribution in [0.2, 0.25) is 0 Å². The Kier molecular flexibility index (Phi) is 7.08. The Balaban J connectivity index is 1.75. The first-order valence-corrected chi connectivity index (χ1v) is 10.1. The van der Waals surface area contributed by atoms with Crippen molar-refractivity contribution in [2.45, 2.75) is 20.0 Å². The third-order valence-corrected chi connectivity index (χ3v) is 5.13. The summed E-state index contributed by atoms with van der Waals surface area (Å²) in [6, 6.07) is 11.1. The Hall–Kier alpha value is -3.33. The number of esters is 2. The Morgan fingerprint density at radius 1 is 1.17 bits per heavy atom. The standard InChI is InChI=1S/C21H21NO7S/c1-3-27-20(24)15-11-17(14-7-5-4-6-8-14)30-19(15)22-18(23)13(2)29-21(25)16-12-26-9-10-28-16/h4-8,11-13H,3,9-10H2,1-2H3,(H,22,23). The smallest absolute Gasteiger partial charge is 0.377 e. The fourth-order valence-corrected chi connectivity index (χ4v) is 3.60. The molecule has 30 heavy (non-hydrogen) atoms. The van der Waals surface area contributed by atoms with Gasteiger partial charge in [-0.1, -0.05) is 30.3 Å². The molecule has 0 saturated carbocycles. The van der Waals surface area contributed by atoms with E-state index in [0.717, 1.165) is 16.7 Å². The Morgan fingerprint density at radius 3 is 2.60 bits per heavy atom. The summed E-state index contributed by atoms with van der Waals surface area (Å²) in [4.78, 5) is 37.8. The molecular weight excluding hydrogens is 410 g/mol. The second-order valence-corrected chi connectivity index (χ2v) is 7.23. The monoisotopic (exact) mass is 431 g/mol. The van der Waals surface area contributed by atoms with Crippen molar-refractivity contribution in [3.8, 4) is 10.4 Å². The number of anilines is 1. The Morgan fingerprint density at radius 2 is 1.93 bits per heavy atom. The van der Waals surface area contributed by atoms with Crippen LogP contribution in [0, 0.1) is 0 Å². The summed E-state index contributed by atoms with van der Waals surface area (Å²) < 4.78 is 20.4. The molecule has 1 amide bonds. The number of rotatable bonds is 7. The van der Waals surface area contributed by atoms with Crippen LogP contribution in [-0.4, -0.2) is 43.8 Å². The average Bonchev–Trinajstić information content (AvgIpc) is 3.19. The van der Waals surface area contributed by atoms with Crippen molar-refractivity contribution >= 4 is 34.2 Å². The molecule has 0 fully saturated rings. The summed E-state index contributed by atoms with van der Waals surface area (Å²) in [5.74, 6) is -2.05. The molecular formula is C21H21NO7S. The molecule has 8 nitrogen and oxygen atoms in total. The molecule has 0 aliphatic carbocycles. The Labute approximate surface area is 177 Å². The van der Waals surface area contributed by atoms with Gasteiger partial charge in [0.15, 0.2) is 6.10 Å². The van der Waals surface area contributed by atoms with Gasteiger partial charge in [-0.25, -0.2) is 9.59 Å². The zero-order valence-electron chi connectivity index (χ0n) is 16.5. The summed E-state index contributed by atoms with van der Waals surface area (Å²) in [5, 5.41) is 2.97. The summed E-state index contributed by atoms with van der Waals surface area (Å²) in [6.07, 6.45) is 0.0297. The lowest BCUT2D eigenvalue weighted by molar-refractivity contribution is -0.153. The van der Waals surface area contributed by atoms with Gasteiger partial charge in [0.05, 0.1) is 12.2 Å². The van der Waals surface area contributed by atoms with E-state index < -0.39 is 23.9 Å². The van der Waals surface area contributed by atoms with Crippen molar-refractivity contribution in [3.05, 3.63) is 54.0 Å². The van der Waals surface area contributed by atoms with E-state index in [2.05, 4.69) is 5.32 Å². The number of amides is 1. The number of thiophene rings is 1. The number of hydrogen-bond acceptors (Lipinski definition) is 8. The van der Waals surface area contributed by atoms with Crippen LogP contribution in [0.5, 0.6) is 0 Å². The van der Waals surface area contributed by atoms with E-state index in [9.17, 15) is 14.4 Å². The topological polar surface area (TPSA) is 100 Å². The maximum atomic E-state index is 12.6. The minimum atomic E-state index is -1.12. The molecule has 1 aliphatic heterocycles. The maximum absolute atomic E-state index is 12.6. The van der Waals surface area contributed by atoms with Crippen molar-refractivity contribution < 1.29 is 33.3 Å². The van der Waals surface area contributed by atoms with Gasteiger partial charge in [0, 0.05) is 4.88 Å². The van der Waals surface area contributed by atoms with Gasteiger partial charge in [-0.3, -0.25) is 4.79 Å². The highest BCUT2D eigenvalue weighted by atomic mass is 32.1. The molecule has 1 aromatic carbocycles. The van der Waals surface area contributed by atoms with E-state index in [0.29, 0.717) is 11.6 Å². The van der Waals surface area contributed by atoms with Crippen molar-refractivity contribution in [1.82, 2.24) is 0 Å². The highest BCUT2D eigenvalue weighted by molar-refractivity contribution is 7.20. The van der Waals surface area contributed by atoms with Crippen LogP contribution < -0.4 is 5.32 Å². The van der Waals surface area contributed by atoms with Crippen LogP contribution in [0.4, 0.5) is 5.00 Å². The fraction of sp³-hybridized carbons (Fsp3) is 0.286. The van der Waals surface area contributed by atoms with Crippen LogP contribution in [0.3, 0.4) is 0 Å². The lowest BCUT2D eigenvalue weighted by Gasteiger charge is -2.17.